The summed E-state index contributed by atoms with van der Waals surface area (Å²) in [5, 5.41) is 12.1. The average molecular weight is 346 g/mol. The van der Waals surface area contributed by atoms with E-state index in [2.05, 4.69) is 5.32 Å². The summed E-state index contributed by atoms with van der Waals surface area (Å²) in [6.07, 6.45) is 3.69. The molecule has 0 radical (unpaired) electrons. The van der Waals surface area contributed by atoms with Crippen LogP contribution in [0.4, 0.5) is 0 Å². The first-order chi connectivity index (χ1) is 12.0. The average Bonchev–Trinajstić information content (AvgIpc) is 2.62. The van der Waals surface area contributed by atoms with Crippen LogP contribution in [-0.4, -0.2) is 46.4 Å². The van der Waals surface area contributed by atoms with E-state index < -0.39 is 18.1 Å². The maximum Gasteiger partial charge on any atom is 0.326 e. The number of carboxylic acids is 1. The number of carbonyl (C=O) groups excluding carboxylic acids is 2. The Morgan fingerprint density at radius 3 is 2.60 bits per heavy atom. The predicted molar refractivity (Wildman–Crippen MR) is 94.0 cm³/mol. The minimum absolute atomic E-state index is 0.0303. The molecule has 1 heterocycles. The standard InChI is InChI=1S/C19H26N2O4/c1-2-8-17(22)21-12-7-6-11-16(21)18(23)20-15(19(24)25)13-14-9-4-3-5-10-14/h3-5,9-10,15-16H,2,6-8,11-13H2,1H3,(H,20,23)(H,24,25). The highest BCUT2D eigenvalue weighted by Crippen LogP contribution is 2.19. The van der Waals surface area contributed by atoms with Gasteiger partial charge in [-0.25, -0.2) is 4.79 Å². The van der Waals surface area contributed by atoms with E-state index in [4.69, 9.17) is 0 Å². The van der Waals surface area contributed by atoms with E-state index in [0.717, 1.165) is 24.8 Å². The lowest BCUT2D eigenvalue weighted by atomic mass is 9.99. The molecule has 2 N–H and O–H groups in total. The molecule has 0 aliphatic carbocycles. The maximum absolute atomic E-state index is 12.7. The summed E-state index contributed by atoms with van der Waals surface area (Å²) >= 11 is 0. The second kappa shape index (κ2) is 9.20. The fourth-order valence-electron chi connectivity index (χ4n) is 3.18. The minimum Gasteiger partial charge on any atom is -0.480 e. The van der Waals surface area contributed by atoms with Crippen LogP contribution in [0.15, 0.2) is 30.3 Å². The van der Waals surface area contributed by atoms with E-state index >= 15 is 0 Å². The summed E-state index contributed by atoms with van der Waals surface area (Å²) in [5.41, 5.74) is 0.845. The molecular weight excluding hydrogens is 320 g/mol. The van der Waals surface area contributed by atoms with Gasteiger partial charge in [-0.15, -0.1) is 0 Å². The Labute approximate surface area is 148 Å². The van der Waals surface area contributed by atoms with Crippen LogP contribution < -0.4 is 5.32 Å². The number of benzene rings is 1. The monoisotopic (exact) mass is 346 g/mol. The van der Waals surface area contributed by atoms with Crippen molar-refractivity contribution in [2.24, 2.45) is 0 Å². The van der Waals surface area contributed by atoms with Gasteiger partial charge in [0.25, 0.3) is 0 Å². The Hall–Kier alpha value is -2.37. The molecule has 1 aliphatic heterocycles. The summed E-state index contributed by atoms with van der Waals surface area (Å²) in [6, 6.07) is 7.63. The van der Waals surface area contributed by atoms with E-state index in [0.29, 0.717) is 19.4 Å². The van der Waals surface area contributed by atoms with Crippen LogP contribution in [0.5, 0.6) is 0 Å². The molecule has 25 heavy (non-hydrogen) atoms. The highest BCUT2D eigenvalue weighted by Gasteiger charge is 2.33. The number of nitrogens with one attached hydrogen (secondary N) is 1. The van der Waals surface area contributed by atoms with Crippen LogP contribution in [0, 0.1) is 0 Å². The molecule has 1 saturated heterocycles. The first kappa shape index (κ1) is 19.0. The molecule has 136 valence electrons. The second-order valence-corrected chi connectivity index (χ2v) is 6.44. The molecule has 1 aromatic carbocycles. The molecular formula is C19H26N2O4. The van der Waals surface area contributed by atoms with Crippen LogP contribution in [0.3, 0.4) is 0 Å². The van der Waals surface area contributed by atoms with Crippen molar-refractivity contribution < 1.29 is 19.5 Å². The first-order valence-corrected chi connectivity index (χ1v) is 8.89. The number of hydrogen-bond donors (Lipinski definition) is 2. The molecule has 0 bridgehead atoms. The number of piperidine rings is 1. The van der Waals surface area contributed by atoms with Gasteiger partial charge in [-0.2, -0.15) is 0 Å². The summed E-state index contributed by atoms with van der Waals surface area (Å²) in [5.74, 6) is -1.47. The molecule has 1 fully saturated rings. The Morgan fingerprint density at radius 2 is 1.96 bits per heavy atom. The van der Waals surface area contributed by atoms with Gasteiger partial charge < -0.3 is 15.3 Å². The summed E-state index contributed by atoms with van der Waals surface area (Å²) in [7, 11) is 0. The molecule has 2 unspecified atom stereocenters. The minimum atomic E-state index is -1.07. The predicted octanol–water partition coefficient (Wildman–Crippen LogP) is 1.98. The zero-order valence-corrected chi connectivity index (χ0v) is 14.6. The number of carbonyl (C=O) groups is 3. The summed E-state index contributed by atoms with van der Waals surface area (Å²) in [6.45, 7) is 2.49. The molecule has 0 aromatic heterocycles. The quantitative estimate of drug-likeness (QED) is 0.790. The maximum atomic E-state index is 12.7. The smallest absolute Gasteiger partial charge is 0.326 e. The number of nitrogens with zero attached hydrogens (tertiary/aromatic N) is 1. The number of rotatable bonds is 7. The lowest BCUT2D eigenvalue weighted by Crippen LogP contribution is -2.55. The second-order valence-electron chi connectivity index (χ2n) is 6.44. The molecule has 2 rings (SSSR count). The largest absolute Gasteiger partial charge is 0.480 e. The van der Waals surface area contributed by atoms with Gasteiger partial charge in [-0.3, -0.25) is 9.59 Å². The first-order valence-electron chi connectivity index (χ1n) is 8.89. The van der Waals surface area contributed by atoms with E-state index in [1.807, 2.05) is 37.3 Å². The van der Waals surface area contributed by atoms with Crippen LogP contribution in [-0.2, 0) is 20.8 Å². The Kier molecular flexibility index (Phi) is 6.98. The van der Waals surface area contributed by atoms with E-state index in [1.165, 1.54) is 0 Å². The Balaban J connectivity index is 2.05. The van der Waals surface area contributed by atoms with Crippen LogP contribution in [0.2, 0.25) is 0 Å². The van der Waals surface area contributed by atoms with Crippen molar-refractivity contribution in [2.45, 2.75) is 57.5 Å². The van der Waals surface area contributed by atoms with Crippen molar-refractivity contribution in [1.82, 2.24) is 10.2 Å². The van der Waals surface area contributed by atoms with Gasteiger partial charge in [0, 0.05) is 19.4 Å². The zero-order chi connectivity index (χ0) is 18.2. The molecule has 1 aliphatic rings. The number of amides is 2. The van der Waals surface area contributed by atoms with E-state index in [1.54, 1.807) is 4.90 Å². The fraction of sp³-hybridized carbons (Fsp3) is 0.526. The van der Waals surface area contributed by atoms with Crippen LogP contribution >= 0.6 is 0 Å². The Bertz CT molecular complexity index is 603. The normalized spacial score (nSPS) is 18.4. The lowest BCUT2D eigenvalue weighted by molar-refractivity contribution is -0.145. The van der Waals surface area contributed by atoms with Gasteiger partial charge in [0.1, 0.15) is 12.1 Å². The van der Waals surface area contributed by atoms with Crippen LogP contribution in [0.1, 0.15) is 44.6 Å². The molecule has 6 nitrogen and oxygen atoms in total. The van der Waals surface area contributed by atoms with Crippen molar-refractivity contribution >= 4 is 17.8 Å². The van der Waals surface area contributed by atoms with Gasteiger partial charge >= 0.3 is 5.97 Å². The SMILES string of the molecule is CCCC(=O)N1CCCCC1C(=O)NC(Cc1ccccc1)C(=O)O. The van der Waals surface area contributed by atoms with Gasteiger partial charge in [-0.05, 0) is 31.2 Å². The van der Waals surface area contributed by atoms with E-state index in [9.17, 15) is 19.5 Å². The van der Waals surface area contributed by atoms with Gasteiger partial charge in [0.05, 0.1) is 0 Å². The molecule has 2 amide bonds. The highest BCUT2D eigenvalue weighted by molar-refractivity contribution is 5.90. The van der Waals surface area contributed by atoms with Gasteiger partial charge in [0.15, 0.2) is 0 Å². The molecule has 0 saturated carbocycles. The fourth-order valence-corrected chi connectivity index (χ4v) is 3.18. The molecule has 6 heteroatoms. The third-order valence-corrected chi connectivity index (χ3v) is 4.49. The van der Waals surface area contributed by atoms with E-state index in [-0.39, 0.29) is 18.2 Å². The van der Waals surface area contributed by atoms with Crippen molar-refractivity contribution in [3.63, 3.8) is 0 Å². The van der Waals surface area contributed by atoms with Crippen molar-refractivity contribution in [3.8, 4) is 0 Å². The van der Waals surface area contributed by atoms with Crippen molar-refractivity contribution in [2.75, 3.05) is 6.54 Å². The lowest BCUT2D eigenvalue weighted by Gasteiger charge is -2.35. The van der Waals surface area contributed by atoms with Crippen LogP contribution in [0.25, 0.3) is 0 Å². The summed E-state index contributed by atoms with van der Waals surface area (Å²) < 4.78 is 0. The van der Waals surface area contributed by atoms with Gasteiger partial charge in [-0.1, -0.05) is 37.3 Å². The van der Waals surface area contributed by atoms with Crippen molar-refractivity contribution in [1.29, 1.82) is 0 Å². The number of likely N-dealkylation sites (tertiary alicyclic amines) is 1. The van der Waals surface area contributed by atoms with Gasteiger partial charge in [0.2, 0.25) is 11.8 Å². The number of carboxylic acid groups (broad SMARTS) is 1. The number of hydrogen-bond acceptors (Lipinski definition) is 3. The molecule has 2 atom stereocenters. The summed E-state index contributed by atoms with van der Waals surface area (Å²) in [4.78, 5) is 38.1. The zero-order valence-electron chi connectivity index (χ0n) is 14.6. The molecule has 1 aromatic rings. The Morgan fingerprint density at radius 1 is 1.24 bits per heavy atom. The third-order valence-electron chi connectivity index (χ3n) is 4.49. The highest BCUT2D eigenvalue weighted by atomic mass is 16.4. The number of aliphatic carboxylic acids is 1. The molecule has 0 spiro atoms. The third kappa shape index (κ3) is 5.31. The van der Waals surface area contributed by atoms with Crippen molar-refractivity contribution in [3.05, 3.63) is 35.9 Å². The topological polar surface area (TPSA) is 86.7 Å².